The number of benzene rings is 4. The van der Waals surface area contributed by atoms with E-state index in [4.69, 9.17) is 5.14 Å². The van der Waals surface area contributed by atoms with Crippen molar-refractivity contribution in [2.24, 2.45) is 5.14 Å². The maximum atomic E-state index is 13.2. The highest BCUT2D eigenvalue weighted by atomic mass is 32.2. The first-order valence-electron chi connectivity index (χ1n) is 13.3. The van der Waals surface area contributed by atoms with Crippen LogP contribution in [-0.2, 0) is 24.4 Å². The molecule has 5 rings (SSSR count). The van der Waals surface area contributed by atoms with Crippen molar-refractivity contribution in [2.45, 2.75) is 21.5 Å². The molecule has 1 fully saturated rings. The van der Waals surface area contributed by atoms with Crippen molar-refractivity contribution in [3.63, 3.8) is 0 Å². The molecule has 0 bridgehead atoms. The second-order valence-corrected chi connectivity index (χ2v) is 12.5. The van der Waals surface area contributed by atoms with E-state index in [2.05, 4.69) is 10.6 Å². The first-order chi connectivity index (χ1) is 21.1. The highest BCUT2D eigenvalue weighted by Crippen LogP contribution is 2.34. The number of hydrogen-bond acceptors (Lipinski definition) is 7. The molecule has 1 heterocycles. The number of nitrogens with two attached hydrogens (primary N) is 1. The van der Waals surface area contributed by atoms with Crippen molar-refractivity contribution < 1.29 is 27.6 Å². The third kappa shape index (κ3) is 7.29. The van der Waals surface area contributed by atoms with Gasteiger partial charge in [-0.25, -0.2) is 18.5 Å². The molecule has 1 aliphatic heterocycles. The Morgan fingerprint density at radius 2 is 1.45 bits per heavy atom. The molecule has 0 aromatic heterocycles. The zero-order valence-electron chi connectivity index (χ0n) is 23.0. The fourth-order valence-corrected chi connectivity index (χ4v) is 5.96. The van der Waals surface area contributed by atoms with Crippen molar-refractivity contribution >= 4 is 62.9 Å². The average Bonchev–Trinajstić information content (AvgIpc) is 3.30. The molecular formula is C32H26N4O6S2. The zero-order valence-corrected chi connectivity index (χ0v) is 24.7. The van der Waals surface area contributed by atoms with E-state index in [1.807, 2.05) is 30.3 Å². The molecular weight excluding hydrogens is 601 g/mol. The number of thioether (sulfide) groups is 1. The Kier molecular flexibility index (Phi) is 9.04. The van der Waals surface area contributed by atoms with Crippen molar-refractivity contribution in [3.05, 3.63) is 126 Å². The standard InChI is InChI=1S/C32H26N4O6S2/c33-44(41,42)26-17-13-24(14-18-26)36-29(37)20-28(32(36)40)43-25-15-11-23(12-16-25)34-31(39)27(19-21-7-3-1-4-8-21)35-30(38)22-9-5-2-6-10-22/h1-19,28H,20H2,(H,34,39)(H,35,38)(H2,33,41,42)/b27-19-. The lowest BCUT2D eigenvalue weighted by atomic mass is 10.1. The summed E-state index contributed by atoms with van der Waals surface area (Å²) in [5, 5.41) is 9.92. The summed E-state index contributed by atoms with van der Waals surface area (Å²) < 4.78 is 23.0. The summed E-state index contributed by atoms with van der Waals surface area (Å²) in [5.74, 6) is -1.79. The minimum Gasteiger partial charge on any atom is -0.321 e. The van der Waals surface area contributed by atoms with Crippen LogP contribution in [0.2, 0.25) is 0 Å². The van der Waals surface area contributed by atoms with Gasteiger partial charge < -0.3 is 10.6 Å². The third-order valence-corrected chi connectivity index (χ3v) is 8.68. The van der Waals surface area contributed by atoms with Crippen LogP contribution >= 0.6 is 11.8 Å². The van der Waals surface area contributed by atoms with Gasteiger partial charge in [0.25, 0.3) is 11.8 Å². The van der Waals surface area contributed by atoms with Crippen molar-refractivity contribution in [1.29, 1.82) is 0 Å². The monoisotopic (exact) mass is 626 g/mol. The first kappa shape index (κ1) is 30.4. The van der Waals surface area contributed by atoms with E-state index >= 15 is 0 Å². The molecule has 12 heteroatoms. The van der Waals surface area contributed by atoms with Gasteiger partial charge in [0.05, 0.1) is 15.8 Å². The molecule has 0 radical (unpaired) electrons. The smallest absolute Gasteiger partial charge is 0.272 e. The summed E-state index contributed by atoms with van der Waals surface area (Å²) in [4.78, 5) is 53.4. The number of anilines is 2. The first-order valence-corrected chi connectivity index (χ1v) is 15.7. The molecule has 0 aliphatic carbocycles. The van der Waals surface area contributed by atoms with Crippen LogP contribution in [0.4, 0.5) is 11.4 Å². The van der Waals surface area contributed by atoms with Crippen LogP contribution in [0.1, 0.15) is 22.3 Å². The lowest BCUT2D eigenvalue weighted by Gasteiger charge is -2.15. The van der Waals surface area contributed by atoms with Gasteiger partial charge in [-0.05, 0) is 72.3 Å². The minimum atomic E-state index is -3.91. The number of nitrogens with zero attached hydrogens (tertiary/aromatic N) is 1. The van der Waals surface area contributed by atoms with Gasteiger partial charge in [0.1, 0.15) is 5.70 Å². The van der Waals surface area contributed by atoms with E-state index in [0.29, 0.717) is 16.1 Å². The summed E-state index contributed by atoms with van der Waals surface area (Å²) >= 11 is 1.20. The molecule has 1 aliphatic rings. The van der Waals surface area contributed by atoms with E-state index in [1.54, 1.807) is 60.7 Å². The summed E-state index contributed by atoms with van der Waals surface area (Å²) in [6.07, 6.45) is 1.55. The van der Waals surface area contributed by atoms with E-state index in [0.717, 1.165) is 10.5 Å². The van der Waals surface area contributed by atoms with Crippen LogP contribution in [0.15, 0.2) is 125 Å². The number of nitrogens with one attached hydrogen (secondary N) is 2. The van der Waals surface area contributed by atoms with Gasteiger partial charge in [-0.1, -0.05) is 48.5 Å². The second kappa shape index (κ2) is 13.1. The van der Waals surface area contributed by atoms with Crippen LogP contribution in [0.5, 0.6) is 0 Å². The van der Waals surface area contributed by atoms with Gasteiger partial charge in [-0.3, -0.25) is 19.2 Å². The number of imide groups is 1. The third-order valence-electron chi connectivity index (χ3n) is 6.56. The number of amides is 4. The lowest BCUT2D eigenvalue weighted by molar-refractivity contribution is -0.121. The summed E-state index contributed by atoms with van der Waals surface area (Å²) in [7, 11) is -3.91. The maximum absolute atomic E-state index is 13.2. The van der Waals surface area contributed by atoms with Gasteiger partial charge in [0.15, 0.2) is 0 Å². The minimum absolute atomic E-state index is 0.0340. The Bertz CT molecular complexity index is 1840. The van der Waals surface area contributed by atoms with Crippen molar-refractivity contribution in [1.82, 2.24) is 5.32 Å². The predicted molar refractivity (Wildman–Crippen MR) is 168 cm³/mol. The van der Waals surface area contributed by atoms with Gasteiger partial charge in [0.2, 0.25) is 21.8 Å². The highest BCUT2D eigenvalue weighted by Gasteiger charge is 2.40. The van der Waals surface area contributed by atoms with Gasteiger partial charge in [-0.2, -0.15) is 0 Å². The molecule has 1 atom stereocenters. The molecule has 4 N–H and O–H groups in total. The van der Waals surface area contributed by atoms with Crippen LogP contribution < -0.4 is 20.7 Å². The maximum Gasteiger partial charge on any atom is 0.272 e. The van der Waals surface area contributed by atoms with Gasteiger partial charge >= 0.3 is 0 Å². The molecule has 4 aromatic rings. The number of sulfonamides is 1. The molecule has 0 spiro atoms. The molecule has 0 saturated carbocycles. The van der Waals surface area contributed by atoms with Crippen LogP contribution in [0.25, 0.3) is 6.08 Å². The summed E-state index contributed by atoms with van der Waals surface area (Å²) in [6.45, 7) is 0. The number of carbonyl (C=O) groups excluding carboxylic acids is 4. The van der Waals surface area contributed by atoms with E-state index in [1.165, 1.54) is 36.0 Å². The zero-order chi connectivity index (χ0) is 31.3. The number of primary sulfonamides is 1. The molecule has 4 aromatic carbocycles. The Hall–Kier alpha value is -5.04. The van der Waals surface area contributed by atoms with E-state index < -0.39 is 38.9 Å². The number of hydrogen-bond donors (Lipinski definition) is 3. The summed E-state index contributed by atoms with van der Waals surface area (Å²) in [6, 6.07) is 29.6. The van der Waals surface area contributed by atoms with Gasteiger partial charge in [-0.15, -0.1) is 11.8 Å². The van der Waals surface area contributed by atoms with Crippen LogP contribution in [0, 0.1) is 0 Å². The molecule has 10 nitrogen and oxygen atoms in total. The average molecular weight is 627 g/mol. The van der Waals surface area contributed by atoms with Gasteiger partial charge in [0, 0.05) is 22.6 Å². The SMILES string of the molecule is NS(=O)(=O)c1ccc(N2C(=O)CC(Sc3ccc(NC(=O)/C(=C/c4ccccc4)NC(=O)c4ccccc4)cc3)C2=O)cc1. The second-order valence-electron chi connectivity index (χ2n) is 9.68. The fraction of sp³-hybridized carbons (Fsp3) is 0.0625. The Balaban J connectivity index is 1.26. The molecule has 44 heavy (non-hydrogen) atoms. The Morgan fingerprint density at radius 1 is 0.841 bits per heavy atom. The Labute approximate surface area is 258 Å². The summed E-state index contributed by atoms with van der Waals surface area (Å²) in [5.41, 5.74) is 1.89. The van der Waals surface area contributed by atoms with Crippen LogP contribution in [0.3, 0.4) is 0 Å². The van der Waals surface area contributed by atoms with Crippen LogP contribution in [-0.4, -0.2) is 37.3 Å². The number of rotatable bonds is 9. The van der Waals surface area contributed by atoms with E-state index in [9.17, 15) is 27.6 Å². The largest absolute Gasteiger partial charge is 0.321 e. The topological polar surface area (TPSA) is 156 Å². The fourth-order valence-electron chi connectivity index (χ4n) is 4.39. The quantitative estimate of drug-likeness (QED) is 0.186. The van der Waals surface area contributed by atoms with Crippen molar-refractivity contribution in [3.8, 4) is 0 Å². The molecule has 222 valence electrons. The highest BCUT2D eigenvalue weighted by molar-refractivity contribution is 8.00. The Morgan fingerprint density at radius 3 is 2.07 bits per heavy atom. The van der Waals surface area contributed by atoms with E-state index in [-0.39, 0.29) is 22.7 Å². The predicted octanol–water partition coefficient (Wildman–Crippen LogP) is 4.17. The molecule has 1 saturated heterocycles. The number of carbonyl (C=O) groups is 4. The lowest BCUT2D eigenvalue weighted by Crippen LogP contribution is -2.31. The van der Waals surface area contributed by atoms with Crippen molar-refractivity contribution in [2.75, 3.05) is 10.2 Å². The molecule has 1 unspecified atom stereocenters. The molecule has 4 amide bonds. The normalized spacial score (nSPS) is 15.2.